The average Bonchev–Trinajstić information content (AvgIpc) is 2.27. The Morgan fingerprint density at radius 3 is 1.95 bits per heavy atom. The second-order valence-corrected chi connectivity index (χ2v) is 7.58. The number of carbonyl (C=O) groups excluding carboxylic acids is 1. The second kappa shape index (κ2) is 5.33. The summed E-state index contributed by atoms with van der Waals surface area (Å²) in [6.45, 7) is 9.45. The van der Waals surface area contributed by atoms with Crippen molar-refractivity contribution in [2.24, 2.45) is 5.92 Å². The SMILES string of the molecule is CC(C)C(=O)NS(=O)(=O)c1ccc(C(C)(C)C)cc1. The van der Waals surface area contributed by atoms with E-state index in [1.165, 1.54) is 12.1 Å². The zero-order valence-electron chi connectivity index (χ0n) is 12.0. The maximum absolute atomic E-state index is 12.0. The van der Waals surface area contributed by atoms with Gasteiger partial charge in [0, 0.05) is 5.92 Å². The molecule has 106 valence electrons. The molecule has 0 aromatic heterocycles. The number of hydrogen-bond donors (Lipinski definition) is 1. The van der Waals surface area contributed by atoms with Gasteiger partial charge in [-0.25, -0.2) is 13.1 Å². The van der Waals surface area contributed by atoms with Crippen LogP contribution in [0.5, 0.6) is 0 Å². The lowest BCUT2D eigenvalue weighted by Crippen LogP contribution is -2.33. The van der Waals surface area contributed by atoms with Crippen LogP contribution < -0.4 is 4.72 Å². The summed E-state index contributed by atoms with van der Waals surface area (Å²) in [5.41, 5.74) is 1.00. The van der Waals surface area contributed by atoms with E-state index in [9.17, 15) is 13.2 Å². The zero-order chi connectivity index (χ0) is 14.8. The van der Waals surface area contributed by atoms with E-state index in [1.807, 2.05) is 0 Å². The molecule has 0 saturated carbocycles. The highest BCUT2D eigenvalue weighted by molar-refractivity contribution is 7.90. The first kappa shape index (κ1) is 15.7. The fourth-order valence-corrected chi connectivity index (χ4v) is 2.56. The maximum atomic E-state index is 12.0. The van der Waals surface area contributed by atoms with Crippen molar-refractivity contribution in [3.8, 4) is 0 Å². The third-order valence-electron chi connectivity index (χ3n) is 2.79. The Labute approximate surface area is 115 Å². The molecule has 0 atom stereocenters. The lowest BCUT2D eigenvalue weighted by molar-refractivity contribution is -0.122. The van der Waals surface area contributed by atoms with Crippen molar-refractivity contribution >= 4 is 15.9 Å². The van der Waals surface area contributed by atoms with Gasteiger partial charge in [0.2, 0.25) is 5.91 Å². The van der Waals surface area contributed by atoms with Crippen LogP contribution in [0.3, 0.4) is 0 Å². The van der Waals surface area contributed by atoms with Gasteiger partial charge < -0.3 is 0 Å². The van der Waals surface area contributed by atoms with Gasteiger partial charge in [-0.05, 0) is 23.1 Å². The topological polar surface area (TPSA) is 63.2 Å². The zero-order valence-corrected chi connectivity index (χ0v) is 12.8. The molecule has 0 aliphatic heterocycles. The van der Waals surface area contributed by atoms with Crippen LogP contribution in [0.1, 0.15) is 40.2 Å². The van der Waals surface area contributed by atoms with Crippen LogP contribution in [0, 0.1) is 5.92 Å². The first-order valence-corrected chi connectivity index (χ1v) is 7.69. The standard InChI is InChI=1S/C14H21NO3S/c1-10(2)13(16)15-19(17,18)12-8-6-11(7-9-12)14(3,4)5/h6-10H,1-5H3,(H,15,16). The van der Waals surface area contributed by atoms with E-state index in [0.717, 1.165) is 5.56 Å². The molecule has 1 aromatic carbocycles. The lowest BCUT2D eigenvalue weighted by atomic mass is 9.87. The van der Waals surface area contributed by atoms with Crippen molar-refractivity contribution in [2.45, 2.75) is 44.9 Å². The fourth-order valence-electron chi connectivity index (χ4n) is 1.44. The van der Waals surface area contributed by atoms with E-state index in [0.29, 0.717) is 0 Å². The van der Waals surface area contributed by atoms with E-state index in [4.69, 9.17) is 0 Å². The molecule has 1 aromatic rings. The highest BCUT2D eigenvalue weighted by atomic mass is 32.2. The summed E-state index contributed by atoms with van der Waals surface area (Å²) in [6.07, 6.45) is 0. The predicted molar refractivity (Wildman–Crippen MR) is 75.3 cm³/mol. The summed E-state index contributed by atoms with van der Waals surface area (Å²) >= 11 is 0. The van der Waals surface area contributed by atoms with Gasteiger partial charge in [-0.1, -0.05) is 46.8 Å². The number of amides is 1. The summed E-state index contributed by atoms with van der Waals surface area (Å²) in [5.74, 6) is -0.872. The number of nitrogens with one attached hydrogen (secondary N) is 1. The van der Waals surface area contributed by atoms with E-state index >= 15 is 0 Å². The minimum absolute atomic E-state index is 0.0382. The number of sulfonamides is 1. The van der Waals surface area contributed by atoms with E-state index < -0.39 is 15.9 Å². The molecule has 4 nitrogen and oxygen atoms in total. The second-order valence-electron chi connectivity index (χ2n) is 5.90. The molecule has 0 aliphatic rings. The Bertz CT molecular complexity index is 551. The molecule has 0 saturated heterocycles. The number of hydrogen-bond acceptors (Lipinski definition) is 3. The van der Waals surface area contributed by atoms with Gasteiger partial charge in [-0.3, -0.25) is 4.79 Å². The third kappa shape index (κ3) is 4.06. The minimum atomic E-state index is -3.77. The van der Waals surface area contributed by atoms with Crippen LogP contribution in [0.2, 0.25) is 0 Å². The third-order valence-corrected chi connectivity index (χ3v) is 4.15. The van der Waals surface area contributed by atoms with Crippen molar-refractivity contribution in [3.63, 3.8) is 0 Å². The Kier molecular flexibility index (Phi) is 4.40. The summed E-state index contributed by atoms with van der Waals surface area (Å²) < 4.78 is 26.0. The molecule has 0 heterocycles. The van der Waals surface area contributed by atoms with Crippen molar-refractivity contribution in [2.75, 3.05) is 0 Å². The number of benzene rings is 1. The molecule has 0 aliphatic carbocycles. The Balaban J connectivity index is 3.01. The minimum Gasteiger partial charge on any atom is -0.274 e. The fraction of sp³-hybridized carbons (Fsp3) is 0.500. The van der Waals surface area contributed by atoms with Crippen molar-refractivity contribution in [3.05, 3.63) is 29.8 Å². The van der Waals surface area contributed by atoms with Crippen LogP contribution >= 0.6 is 0 Å². The molecule has 0 radical (unpaired) electrons. The summed E-state index contributed by atoms with van der Waals surface area (Å²) in [7, 11) is -3.77. The van der Waals surface area contributed by atoms with Gasteiger partial charge in [-0.15, -0.1) is 0 Å². The summed E-state index contributed by atoms with van der Waals surface area (Å²) in [6, 6.07) is 6.59. The van der Waals surface area contributed by atoms with Crippen LogP contribution in [0.15, 0.2) is 29.2 Å². The lowest BCUT2D eigenvalue weighted by Gasteiger charge is -2.19. The van der Waals surface area contributed by atoms with Crippen LogP contribution in [0.25, 0.3) is 0 Å². The first-order chi connectivity index (χ1) is 8.54. The molecule has 0 bridgehead atoms. The first-order valence-electron chi connectivity index (χ1n) is 6.21. The molecular formula is C14H21NO3S. The monoisotopic (exact) mass is 283 g/mol. The van der Waals surface area contributed by atoms with Crippen molar-refractivity contribution in [1.82, 2.24) is 4.72 Å². The predicted octanol–water partition coefficient (Wildman–Crippen LogP) is 2.45. The quantitative estimate of drug-likeness (QED) is 0.926. The maximum Gasteiger partial charge on any atom is 0.264 e. The largest absolute Gasteiger partial charge is 0.274 e. The molecule has 1 amide bonds. The molecule has 0 spiro atoms. The molecule has 0 unspecified atom stereocenters. The van der Waals surface area contributed by atoms with Crippen LogP contribution in [-0.2, 0) is 20.2 Å². The van der Waals surface area contributed by atoms with Gasteiger partial charge in [0.15, 0.2) is 0 Å². The Hall–Kier alpha value is -1.36. The van der Waals surface area contributed by atoms with Crippen LogP contribution in [0.4, 0.5) is 0 Å². The molecule has 19 heavy (non-hydrogen) atoms. The smallest absolute Gasteiger partial charge is 0.264 e. The molecule has 5 heteroatoms. The van der Waals surface area contributed by atoms with Crippen molar-refractivity contribution < 1.29 is 13.2 Å². The highest BCUT2D eigenvalue weighted by Gasteiger charge is 2.20. The molecular weight excluding hydrogens is 262 g/mol. The van der Waals surface area contributed by atoms with E-state index in [1.54, 1.807) is 26.0 Å². The average molecular weight is 283 g/mol. The van der Waals surface area contributed by atoms with Gasteiger partial charge in [-0.2, -0.15) is 0 Å². The normalized spacial score (nSPS) is 12.5. The van der Waals surface area contributed by atoms with Crippen molar-refractivity contribution in [1.29, 1.82) is 0 Å². The Morgan fingerprint density at radius 2 is 1.58 bits per heavy atom. The highest BCUT2D eigenvalue weighted by Crippen LogP contribution is 2.23. The number of rotatable bonds is 3. The van der Waals surface area contributed by atoms with Gasteiger partial charge in [0.25, 0.3) is 10.0 Å². The van der Waals surface area contributed by atoms with E-state index in [-0.39, 0.29) is 16.2 Å². The molecule has 1 rings (SSSR count). The summed E-state index contributed by atoms with van der Waals surface area (Å²) in [5, 5.41) is 0. The van der Waals surface area contributed by atoms with Gasteiger partial charge in [0.05, 0.1) is 4.90 Å². The van der Waals surface area contributed by atoms with Gasteiger partial charge >= 0.3 is 0 Å². The summed E-state index contributed by atoms with van der Waals surface area (Å²) in [4.78, 5) is 11.6. The Morgan fingerprint density at radius 1 is 1.11 bits per heavy atom. The molecule has 0 fully saturated rings. The molecule has 1 N–H and O–H groups in total. The van der Waals surface area contributed by atoms with Crippen LogP contribution in [-0.4, -0.2) is 14.3 Å². The van der Waals surface area contributed by atoms with E-state index in [2.05, 4.69) is 25.5 Å². The van der Waals surface area contributed by atoms with Gasteiger partial charge in [0.1, 0.15) is 0 Å². The number of carbonyl (C=O) groups is 1.